The molecule has 0 aliphatic carbocycles. The second kappa shape index (κ2) is 6.34. The molecule has 78 valence electrons. The molecule has 0 aromatic carbocycles. The summed E-state index contributed by atoms with van der Waals surface area (Å²) >= 11 is 0. The summed E-state index contributed by atoms with van der Waals surface area (Å²) in [4.78, 5) is 3.99. The number of ether oxygens (including phenoxy) is 1. The maximum atomic E-state index is 5.39. The number of hydrogen-bond donors (Lipinski definition) is 2. The molecule has 0 atom stereocenters. The van der Waals surface area contributed by atoms with Crippen LogP contribution in [0.5, 0.6) is 5.75 Å². The molecular weight excluding hydrogens is 178 g/mol. The summed E-state index contributed by atoms with van der Waals surface area (Å²) in [6.45, 7) is 2.45. The summed E-state index contributed by atoms with van der Waals surface area (Å²) in [6, 6.07) is 1.95. The zero-order chi connectivity index (χ0) is 10.2. The fourth-order valence-corrected chi connectivity index (χ4v) is 1.19. The second-order valence-electron chi connectivity index (χ2n) is 3.01. The van der Waals surface area contributed by atoms with Crippen LogP contribution in [0.2, 0.25) is 0 Å². The standard InChI is InChI=1S/C10H17N3O/c1-14-10-8-13-6-3-9(10)7-12-5-2-4-11/h3,6,8,12H,2,4-5,7,11H2,1H3. The first-order chi connectivity index (χ1) is 6.88. The van der Waals surface area contributed by atoms with Gasteiger partial charge in [0.15, 0.2) is 0 Å². The van der Waals surface area contributed by atoms with Crippen LogP contribution < -0.4 is 15.8 Å². The summed E-state index contributed by atoms with van der Waals surface area (Å²) < 4.78 is 5.18. The quantitative estimate of drug-likeness (QED) is 0.650. The van der Waals surface area contributed by atoms with Gasteiger partial charge in [0.1, 0.15) is 5.75 Å². The smallest absolute Gasteiger partial charge is 0.141 e. The van der Waals surface area contributed by atoms with Crippen molar-refractivity contribution in [3.63, 3.8) is 0 Å². The normalized spacial score (nSPS) is 10.1. The predicted molar refractivity (Wildman–Crippen MR) is 56.2 cm³/mol. The van der Waals surface area contributed by atoms with Gasteiger partial charge in [-0.05, 0) is 25.6 Å². The summed E-state index contributed by atoms with van der Waals surface area (Å²) in [5, 5.41) is 3.29. The molecule has 0 amide bonds. The van der Waals surface area contributed by atoms with E-state index in [1.165, 1.54) is 0 Å². The Morgan fingerprint density at radius 2 is 2.43 bits per heavy atom. The highest BCUT2D eigenvalue weighted by Gasteiger charge is 2.00. The second-order valence-corrected chi connectivity index (χ2v) is 3.01. The van der Waals surface area contributed by atoms with Gasteiger partial charge in [0.25, 0.3) is 0 Å². The van der Waals surface area contributed by atoms with Crippen LogP contribution in [-0.4, -0.2) is 25.2 Å². The summed E-state index contributed by atoms with van der Waals surface area (Å²) in [7, 11) is 1.65. The predicted octanol–water partition coefficient (Wildman–Crippen LogP) is 0.529. The molecule has 0 radical (unpaired) electrons. The maximum Gasteiger partial charge on any atom is 0.141 e. The van der Waals surface area contributed by atoms with Crippen molar-refractivity contribution in [2.75, 3.05) is 20.2 Å². The number of nitrogens with zero attached hydrogens (tertiary/aromatic N) is 1. The van der Waals surface area contributed by atoms with Gasteiger partial charge in [0, 0.05) is 18.3 Å². The number of rotatable bonds is 6. The fourth-order valence-electron chi connectivity index (χ4n) is 1.19. The number of pyridine rings is 1. The van der Waals surface area contributed by atoms with E-state index in [0.29, 0.717) is 0 Å². The molecule has 0 aliphatic heterocycles. The van der Waals surface area contributed by atoms with Gasteiger partial charge < -0.3 is 15.8 Å². The molecular formula is C10H17N3O. The number of hydrogen-bond acceptors (Lipinski definition) is 4. The number of nitrogens with one attached hydrogen (secondary N) is 1. The third-order valence-electron chi connectivity index (χ3n) is 1.96. The van der Waals surface area contributed by atoms with Crippen molar-refractivity contribution in [3.8, 4) is 5.75 Å². The molecule has 0 aliphatic rings. The highest BCUT2D eigenvalue weighted by Crippen LogP contribution is 2.14. The molecule has 1 aromatic rings. The molecule has 14 heavy (non-hydrogen) atoms. The van der Waals surface area contributed by atoms with Crippen molar-refractivity contribution in [2.45, 2.75) is 13.0 Å². The van der Waals surface area contributed by atoms with Gasteiger partial charge in [0.05, 0.1) is 13.3 Å². The van der Waals surface area contributed by atoms with Crippen molar-refractivity contribution in [2.24, 2.45) is 5.73 Å². The van der Waals surface area contributed by atoms with Crippen molar-refractivity contribution < 1.29 is 4.74 Å². The van der Waals surface area contributed by atoms with E-state index in [-0.39, 0.29) is 0 Å². The first kappa shape index (κ1) is 10.9. The van der Waals surface area contributed by atoms with Crippen LogP contribution in [0.4, 0.5) is 0 Å². The maximum absolute atomic E-state index is 5.39. The largest absolute Gasteiger partial charge is 0.495 e. The molecule has 0 saturated carbocycles. The molecule has 0 spiro atoms. The Kier molecular flexibility index (Phi) is 4.96. The van der Waals surface area contributed by atoms with Crippen LogP contribution in [0.1, 0.15) is 12.0 Å². The minimum atomic E-state index is 0.723. The van der Waals surface area contributed by atoms with Crippen molar-refractivity contribution in [3.05, 3.63) is 24.0 Å². The van der Waals surface area contributed by atoms with E-state index >= 15 is 0 Å². The number of methoxy groups -OCH3 is 1. The van der Waals surface area contributed by atoms with E-state index in [2.05, 4.69) is 10.3 Å². The molecule has 3 N–H and O–H groups in total. The SMILES string of the molecule is COc1cnccc1CNCCCN. The molecule has 0 unspecified atom stereocenters. The van der Waals surface area contributed by atoms with Gasteiger partial charge in [-0.3, -0.25) is 4.98 Å². The van der Waals surface area contributed by atoms with Crippen LogP contribution >= 0.6 is 0 Å². The van der Waals surface area contributed by atoms with Crippen LogP contribution in [-0.2, 0) is 6.54 Å². The van der Waals surface area contributed by atoms with E-state index in [9.17, 15) is 0 Å². The third kappa shape index (κ3) is 3.32. The molecule has 0 bridgehead atoms. The zero-order valence-electron chi connectivity index (χ0n) is 8.49. The first-order valence-electron chi connectivity index (χ1n) is 4.76. The number of nitrogens with two attached hydrogens (primary N) is 1. The van der Waals surface area contributed by atoms with E-state index in [0.717, 1.165) is 37.4 Å². The molecule has 4 nitrogen and oxygen atoms in total. The lowest BCUT2D eigenvalue weighted by Crippen LogP contribution is -2.18. The number of aromatic nitrogens is 1. The summed E-state index contributed by atoms with van der Waals surface area (Å²) in [6.07, 6.45) is 4.48. The summed E-state index contributed by atoms with van der Waals surface area (Å²) in [5.41, 5.74) is 6.51. The van der Waals surface area contributed by atoms with Gasteiger partial charge >= 0.3 is 0 Å². The molecule has 0 fully saturated rings. The minimum absolute atomic E-state index is 0.723. The van der Waals surface area contributed by atoms with Gasteiger partial charge in [0.2, 0.25) is 0 Å². The van der Waals surface area contributed by atoms with Crippen LogP contribution in [0, 0.1) is 0 Å². The van der Waals surface area contributed by atoms with Gasteiger partial charge in [-0.1, -0.05) is 0 Å². The zero-order valence-corrected chi connectivity index (χ0v) is 8.49. The van der Waals surface area contributed by atoms with E-state index in [4.69, 9.17) is 10.5 Å². The fraction of sp³-hybridized carbons (Fsp3) is 0.500. The molecule has 1 aromatic heterocycles. The van der Waals surface area contributed by atoms with E-state index < -0.39 is 0 Å². The summed E-state index contributed by atoms with van der Waals surface area (Å²) in [5.74, 6) is 0.827. The highest BCUT2D eigenvalue weighted by molar-refractivity contribution is 5.29. The lowest BCUT2D eigenvalue weighted by molar-refractivity contribution is 0.405. The monoisotopic (exact) mass is 195 g/mol. The Bertz CT molecular complexity index is 265. The molecule has 1 heterocycles. The minimum Gasteiger partial charge on any atom is -0.495 e. The highest BCUT2D eigenvalue weighted by atomic mass is 16.5. The topological polar surface area (TPSA) is 60.2 Å². The van der Waals surface area contributed by atoms with Gasteiger partial charge in [-0.25, -0.2) is 0 Å². The first-order valence-corrected chi connectivity index (χ1v) is 4.76. The lowest BCUT2D eigenvalue weighted by atomic mass is 10.2. The van der Waals surface area contributed by atoms with Crippen LogP contribution in [0.15, 0.2) is 18.5 Å². The van der Waals surface area contributed by atoms with Crippen LogP contribution in [0.25, 0.3) is 0 Å². The third-order valence-corrected chi connectivity index (χ3v) is 1.96. The lowest BCUT2D eigenvalue weighted by Gasteiger charge is -2.08. The Hall–Kier alpha value is -1.13. The van der Waals surface area contributed by atoms with Crippen molar-refractivity contribution in [1.29, 1.82) is 0 Å². The Morgan fingerprint density at radius 3 is 3.14 bits per heavy atom. The van der Waals surface area contributed by atoms with Gasteiger partial charge in [-0.2, -0.15) is 0 Å². The van der Waals surface area contributed by atoms with Gasteiger partial charge in [-0.15, -0.1) is 0 Å². The van der Waals surface area contributed by atoms with Crippen LogP contribution in [0.3, 0.4) is 0 Å². The Morgan fingerprint density at radius 1 is 1.57 bits per heavy atom. The molecule has 0 saturated heterocycles. The average Bonchev–Trinajstić information content (AvgIpc) is 2.25. The molecule has 1 rings (SSSR count). The average molecular weight is 195 g/mol. The van der Waals surface area contributed by atoms with Crippen molar-refractivity contribution in [1.82, 2.24) is 10.3 Å². The van der Waals surface area contributed by atoms with E-state index in [1.807, 2.05) is 6.07 Å². The Labute approximate surface area is 84.5 Å². The van der Waals surface area contributed by atoms with Crippen molar-refractivity contribution >= 4 is 0 Å². The van der Waals surface area contributed by atoms with E-state index in [1.54, 1.807) is 19.5 Å². The molecule has 4 heteroatoms. The Balaban J connectivity index is 2.41.